The number of halogens is 1. The first-order valence-corrected chi connectivity index (χ1v) is 13.0. The molecule has 1 aliphatic carbocycles. The van der Waals surface area contributed by atoms with E-state index in [-0.39, 0.29) is 23.7 Å². The summed E-state index contributed by atoms with van der Waals surface area (Å²) >= 11 is 0. The van der Waals surface area contributed by atoms with Gasteiger partial charge in [-0.1, -0.05) is 37.5 Å². The number of carbonyl (C=O) groups is 2. The first kappa shape index (κ1) is 26.1. The molecule has 7 nitrogen and oxygen atoms in total. The maximum Gasteiger partial charge on any atom is 0.238 e. The molecule has 2 aromatic rings. The highest BCUT2D eigenvalue weighted by molar-refractivity contribution is 5.93. The zero-order chi connectivity index (χ0) is 25.9. The number of rotatable bonds is 8. The van der Waals surface area contributed by atoms with E-state index in [1.54, 1.807) is 44.1 Å². The maximum atomic E-state index is 14.4. The fourth-order valence-electron chi connectivity index (χ4n) is 6.00. The van der Waals surface area contributed by atoms with Crippen LogP contribution in [0.1, 0.15) is 63.6 Å². The molecule has 2 heterocycles. The van der Waals surface area contributed by atoms with Crippen LogP contribution < -0.4 is 16.0 Å². The molecule has 36 heavy (non-hydrogen) atoms. The Hall–Kier alpha value is -3.00. The van der Waals surface area contributed by atoms with E-state index in [4.69, 9.17) is 10.7 Å². The normalized spacial score (nSPS) is 21.1. The third kappa shape index (κ3) is 4.96. The summed E-state index contributed by atoms with van der Waals surface area (Å²) in [4.78, 5) is 35.3. The van der Waals surface area contributed by atoms with Gasteiger partial charge in [0.2, 0.25) is 11.8 Å². The van der Waals surface area contributed by atoms with Crippen molar-refractivity contribution in [3.05, 3.63) is 54.0 Å². The largest absolute Gasteiger partial charge is 0.368 e. The molecule has 194 valence electrons. The molecule has 1 aromatic carbocycles. The lowest BCUT2D eigenvalue weighted by molar-refractivity contribution is -0.147. The Balaban J connectivity index is 1.65. The predicted octanol–water partition coefficient (Wildman–Crippen LogP) is 4.31. The van der Waals surface area contributed by atoms with Crippen LogP contribution in [0.15, 0.2) is 42.5 Å². The summed E-state index contributed by atoms with van der Waals surface area (Å²) in [5.74, 6) is -0.684. The Morgan fingerprint density at radius 3 is 2.50 bits per heavy atom. The number of para-hydroxylation sites is 1. The predicted molar refractivity (Wildman–Crippen MR) is 139 cm³/mol. The van der Waals surface area contributed by atoms with Gasteiger partial charge in [0, 0.05) is 13.6 Å². The number of hydrogen-bond donors (Lipinski definition) is 2. The number of aromatic nitrogens is 1. The van der Waals surface area contributed by atoms with Crippen LogP contribution in [0.4, 0.5) is 15.9 Å². The minimum atomic E-state index is -1.13. The lowest BCUT2D eigenvalue weighted by Crippen LogP contribution is -2.63. The molecule has 0 radical (unpaired) electrons. The molecule has 2 aliphatic rings. The number of anilines is 2. The molecule has 4 rings (SSSR count). The van der Waals surface area contributed by atoms with Crippen LogP contribution in [0.5, 0.6) is 0 Å². The number of nitrogens with zero attached hydrogens (tertiary/aromatic N) is 3. The number of hydrogen-bond acceptors (Lipinski definition) is 5. The standard InChI is InChI=1S/C28H38FN5O2/c1-28(31-2,27(30)36)25(19-11-5-4-6-12-19)26(35)34-18-10-16-23(34)21-14-9-17-24(32-21)33(3)22-15-8-7-13-20(22)29/h7-9,13-15,17,19,23,25,31H,4-6,10-12,16,18H2,1-3H3,(H2,30,36)/t23-,25+,28?/m0/s1. The number of amides is 2. The average Bonchev–Trinajstić information content (AvgIpc) is 3.39. The summed E-state index contributed by atoms with van der Waals surface area (Å²) in [6.07, 6.45) is 6.75. The first-order chi connectivity index (χ1) is 17.3. The number of carbonyl (C=O) groups excluding carboxylic acids is 2. The van der Waals surface area contributed by atoms with Crippen molar-refractivity contribution in [3.8, 4) is 0 Å². The van der Waals surface area contributed by atoms with Crippen LogP contribution in [-0.4, -0.2) is 47.9 Å². The summed E-state index contributed by atoms with van der Waals surface area (Å²) in [6.45, 7) is 2.38. The van der Waals surface area contributed by atoms with Crippen LogP contribution in [0.2, 0.25) is 0 Å². The summed E-state index contributed by atoms with van der Waals surface area (Å²) < 4.78 is 14.4. The summed E-state index contributed by atoms with van der Waals surface area (Å²) in [5.41, 5.74) is 5.95. The van der Waals surface area contributed by atoms with E-state index >= 15 is 0 Å². The van der Waals surface area contributed by atoms with Crippen LogP contribution in [0.25, 0.3) is 0 Å². The van der Waals surface area contributed by atoms with Gasteiger partial charge in [0.1, 0.15) is 17.2 Å². The van der Waals surface area contributed by atoms with Crippen LogP contribution in [-0.2, 0) is 9.59 Å². The summed E-state index contributed by atoms with van der Waals surface area (Å²) in [7, 11) is 3.49. The zero-order valence-electron chi connectivity index (χ0n) is 21.5. The number of primary amides is 1. The second-order valence-electron chi connectivity index (χ2n) is 10.3. The van der Waals surface area contributed by atoms with Crippen molar-refractivity contribution in [3.63, 3.8) is 0 Å². The molecule has 1 aromatic heterocycles. The average molecular weight is 496 g/mol. The molecule has 1 unspecified atom stereocenters. The fraction of sp³-hybridized carbons (Fsp3) is 0.536. The van der Waals surface area contributed by atoms with Gasteiger partial charge in [0.15, 0.2) is 0 Å². The summed E-state index contributed by atoms with van der Waals surface area (Å²) in [6, 6.07) is 12.1. The molecule has 8 heteroatoms. The molecular formula is C28H38FN5O2. The second-order valence-corrected chi connectivity index (χ2v) is 10.3. The quantitative estimate of drug-likeness (QED) is 0.569. The highest BCUT2D eigenvalue weighted by Gasteiger charge is 2.50. The number of nitrogens with two attached hydrogens (primary N) is 1. The van der Waals surface area contributed by atoms with E-state index in [9.17, 15) is 14.0 Å². The minimum Gasteiger partial charge on any atom is -0.368 e. The molecule has 2 amide bonds. The number of pyridine rings is 1. The Bertz CT molecular complexity index is 1090. The lowest BCUT2D eigenvalue weighted by Gasteiger charge is -2.42. The van der Waals surface area contributed by atoms with E-state index in [1.807, 2.05) is 23.1 Å². The van der Waals surface area contributed by atoms with Gasteiger partial charge in [0.25, 0.3) is 0 Å². The molecule has 1 aliphatic heterocycles. The third-order valence-electron chi connectivity index (χ3n) is 8.23. The number of benzene rings is 1. The number of nitrogens with one attached hydrogen (secondary N) is 1. The Kier molecular flexibility index (Phi) is 7.93. The van der Waals surface area contributed by atoms with Crippen LogP contribution >= 0.6 is 0 Å². The Morgan fingerprint density at radius 1 is 1.11 bits per heavy atom. The van der Waals surface area contributed by atoms with Gasteiger partial charge >= 0.3 is 0 Å². The van der Waals surface area contributed by atoms with Crippen LogP contribution in [0, 0.1) is 17.7 Å². The molecular weight excluding hydrogens is 457 g/mol. The molecule has 1 saturated heterocycles. The fourth-order valence-corrected chi connectivity index (χ4v) is 6.00. The SMILES string of the molecule is CNC(C)(C(N)=O)[C@@H](C(=O)N1CCC[C@H]1c1cccc(N(C)c2ccccc2F)n1)C1CCCCC1. The van der Waals surface area contributed by atoms with E-state index < -0.39 is 17.4 Å². The molecule has 0 bridgehead atoms. The highest BCUT2D eigenvalue weighted by Crippen LogP contribution is 2.41. The lowest BCUT2D eigenvalue weighted by atomic mass is 9.69. The topological polar surface area (TPSA) is 91.6 Å². The van der Waals surface area contributed by atoms with E-state index in [0.717, 1.165) is 50.6 Å². The monoisotopic (exact) mass is 495 g/mol. The third-order valence-corrected chi connectivity index (χ3v) is 8.23. The minimum absolute atomic E-state index is 0.0327. The molecule has 3 N–H and O–H groups in total. The van der Waals surface area contributed by atoms with Crippen molar-refractivity contribution >= 4 is 23.3 Å². The van der Waals surface area contributed by atoms with Crippen molar-refractivity contribution in [2.24, 2.45) is 17.6 Å². The van der Waals surface area contributed by atoms with E-state index in [1.165, 1.54) is 6.07 Å². The van der Waals surface area contributed by atoms with Crippen molar-refractivity contribution in [1.29, 1.82) is 0 Å². The van der Waals surface area contributed by atoms with Gasteiger partial charge in [-0.15, -0.1) is 0 Å². The number of likely N-dealkylation sites (N-methyl/N-ethyl adjacent to an activating group) is 1. The van der Waals surface area contributed by atoms with E-state index in [0.29, 0.717) is 18.1 Å². The number of likely N-dealkylation sites (tertiary alicyclic amines) is 1. The first-order valence-electron chi connectivity index (χ1n) is 13.0. The van der Waals surface area contributed by atoms with Crippen molar-refractivity contribution in [2.45, 2.75) is 63.5 Å². The smallest absolute Gasteiger partial charge is 0.238 e. The van der Waals surface area contributed by atoms with Crippen molar-refractivity contribution in [1.82, 2.24) is 15.2 Å². The van der Waals surface area contributed by atoms with Gasteiger partial charge < -0.3 is 20.9 Å². The van der Waals surface area contributed by atoms with Crippen LogP contribution in [0.3, 0.4) is 0 Å². The summed E-state index contributed by atoms with van der Waals surface area (Å²) in [5, 5.41) is 3.10. The van der Waals surface area contributed by atoms with Gasteiger partial charge in [-0.05, 0) is 69.8 Å². The van der Waals surface area contributed by atoms with Gasteiger partial charge in [0.05, 0.1) is 23.3 Å². The van der Waals surface area contributed by atoms with Gasteiger partial charge in [-0.25, -0.2) is 9.37 Å². The van der Waals surface area contributed by atoms with Crippen molar-refractivity contribution in [2.75, 3.05) is 25.5 Å². The Labute approximate surface area is 213 Å². The van der Waals surface area contributed by atoms with Gasteiger partial charge in [-0.3, -0.25) is 9.59 Å². The molecule has 2 fully saturated rings. The second kappa shape index (κ2) is 10.9. The zero-order valence-corrected chi connectivity index (χ0v) is 21.5. The maximum absolute atomic E-state index is 14.4. The molecule has 3 atom stereocenters. The molecule has 1 saturated carbocycles. The van der Waals surface area contributed by atoms with E-state index in [2.05, 4.69) is 5.32 Å². The Morgan fingerprint density at radius 2 is 1.83 bits per heavy atom. The highest BCUT2D eigenvalue weighted by atomic mass is 19.1. The van der Waals surface area contributed by atoms with Gasteiger partial charge in [-0.2, -0.15) is 0 Å². The molecule has 0 spiro atoms. The van der Waals surface area contributed by atoms with Crippen molar-refractivity contribution < 1.29 is 14.0 Å².